The van der Waals surface area contributed by atoms with Crippen LogP contribution in [-0.4, -0.2) is 66.1 Å². The molecule has 3 aromatic rings. The smallest absolute Gasteiger partial charge is 0.257 e. The van der Waals surface area contributed by atoms with Crippen molar-refractivity contribution in [3.8, 4) is 5.75 Å². The van der Waals surface area contributed by atoms with Crippen molar-refractivity contribution in [2.75, 3.05) is 26.8 Å². The summed E-state index contributed by atoms with van der Waals surface area (Å²) < 4.78 is 11.7. The second kappa shape index (κ2) is 11.5. The minimum atomic E-state index is -0.999. The molecule has 5 rings (SSSR count). The van der Waals surface area contributed by atoms with Crippen LogP contribution in [0.1, 0.15) is 57.7 Å². The summed E-state index contributed by atoms with van der Waals surface area (Å²) in [6.45, 7) is 4.73. The third kappa shape index (κ3) is 5.31. The molecule has 0 aliphatic carbocycles. The van der Waals surface area contributed by atoms with Crippen molar-refractivity contribution < 1.29 is 23.9 Å². The normalized spacial score (nSPS) is 18.8. The molecule has 40 heavy (non-hydrogen) atoms. The highest BCUT2D eigenvalue weighted by Crippen LogP contribution is 2.39. The zero-order valence-electron chi connectivity index (χ0n) is 23.1. The Morgan fingerprint density at radius 1 is 0.950 bits per heavy atom. The van der Waals surface area contributed by atoms with Crippen LogP contribution in [0.3, 0.4) is 0 Å². The van der Waals surface area contributed by atoms with Crippen LogP contribution in [0.25, 0.3) is 0 Å². The first kappa shape index (κ1) is 27.4. The predicted molar refractivity (Wildman–Crippen MR) is 151 cm³/mol. The molecule has 208 valence electrons. The van der Waals surface area contributed by atoms with Crippen LogP contribution >= 0.6 is 0 Å². The SMILES string of the molecule is COc1cccc(C(=O)N2C(C(=O)NC(C)c3ccccc3)COC23CCN(C(=O)c2ccccc2C)CC3)c1. The summed E-state index contributed by atoms with van der Waals surface area (Å²) >= 11 is 0. The van der Waals surface area contributed by atoms with Crippen molar-refractivity contribution in [3.05, 3.63) is 101 Å². The lowest BCUT2D eigenvalue weighted by molar-refractivity contribution is -0.128. The van der Waals surface area contributed by atoms with Gasteiger partial charge in [-0.05, 0) is 49.2 Å². The fourth-order valence-electron chi connectivity index (χ4n) is 5.64. The van der Waals surface area contributed by atoms with Gasteiger partial charge in [0, 0.05) is 37.1 Å². The quantitative estimate of drug-likeness (QED) is 0.501. The highest BCUT2D eigenvalue weighted by Gasteiger charge is 2.54. The molecule has 1 N–H and O–H groups in total. The highest BCUT2D eigenvalue weighted by molar-refractivity contribution is 5.99. The molecular formula is C32H35N3O5. The molecule has 0 saturated carbocycles. The van der Waals surface area contributed by atoms with Gasteiger partial charge in [-0.1, -0.05) is 54.6 Å². The van der Waals surface area contributed by atoms with Gasteiger partial charge in [0.2, 0.25) is 5.91 Å². The largest absolute Gasteiger partial charge is 0.497 e. The van der Waals surface area contributed by atoms with E-state index in [1.165, 1.54) is 0 Å². The van der Waals surface area contributed by atoms with Crippen molar-refractivity contribution in [2.45, 2.75) is 44.5 Å². The zero-order valence-corrected chi connectivity index (χ0v) is 23.1. The summed E-state index contributed by atoms with van der Waals surface area (Å²) in [6, 6.07) is 23.1. The topological polar surface area (TPSA) is 88.2 Å². The number of aryl methyl sites for hydroxylation is 1. The average Bonchev–Trinajstić information content (AvgIpc) is 3.35. The number of piperidine rings is 1. The van der Waals surface area contributed by atoms with E-state index in [4.69, 9.17) is 9.47 Å². The molecule has 0 radical (unpaired) electrons. The maximum absolute atomic E-state index is 14.1. The Morgan fingerprint density at radius 3 is 2.35 bits per heavy atom. The fraction of sp³-hybridized carbons (Fsp3) is 0.344. The first-order valence-corrected chi connectivity index (χ1v) is 13.6. The number of nitrogens with one attached hydrogen (secondary N) is 1. The van der Waals surface area contributed by atoms with Gasteiger partial charge in [-0.2, -0.15) is 0 Å². The molecule has 3 aromatic carbocycles. The third-order valence-corrected chi connectivity index (χ3v) is 7.96. The monoisotopic (exact) mass is 541 g/mol. The molecule has 2 atom stereocenters. The Balaban J connectivity index is 1.40. The van der Waals surface area contributed by atoms with Crippen molar-refractivity contribution in [1.29, 1.82) is 0 Å². The number of methoxy groups -OCH3 is 1. The summed E-state index contributed by atoms with van der Waals surface area (Å²) in [5.74, 6) is -0.0644. The van der Waals surface area contributed by atoms with E-state index >= 15 is 0 Å². The highest BCUT2D eigenvalue weighted by atomic mass is 16.5. The maximum Gasteiger partial charge on any atom is 0.257 e. The van der Waals surface area contributed by atoms with Gasteiger partial charge in [0.1, 0.15) is 17.5 Å². The Bertz CT molecular complexity index is 1380. The minimum absolute atomic E-state index is 0.0393. The lowest BCUT2D eigenvalue weighted by atomic mass is 9.95. The van der Waals surface area contributed by atoms with Crippen molar-refractivity contribution in [3.63, 3.8) is 0 Å². The minimum Gasteiger partial charge on any atom is -0.497 e. The van der Waals surface area contributed by atoms with Crippen LogP contribution in [-0.2, 0) is 9.53 Å². The number of likely N-dealkylation sites (tertiary alicyclic amines) is 1. The van der Waals surface area contributed by atoms with Crippen LogP contribution < -0.4 is 10.1 Å². The van der Waals surface area contributed by atoms with Gasteiger partial charge in [0.05, 0.1) is 19.8 Å². The van der Waals surface area contributed by atoms with E-state index < -0.39 is 11.8 Å². The molecule has 2 aliphatic rings. The summed E-state index contributed by atoms with van der Waals surface area (Å²) in [4.78, 5) is 44.4. The summed E-state index contributed by atoms with van der Waals surface area (Å²) in [5.41, 5.74) is 1.97. The van der Waals surface area contributed by atoms with Gasteiger partial charge in [0.25, 0.3) is 11.8 Å². The summed E-state index contributed by atoms with van der Waals surface area (Å²) in [6.07, 6.45) is 0.802. The van der Waals surface area contributed by atoms with E-state index in [-0.39, 0.29) is 30.4 Å². The molecule has 8 nitrogen and oxygen atoms in total. The molecule has 2 saturated heterocycles. The Labute approximate surface area is 234 Å². The second-order valence-electron chi connectivity index (χ2n) is 10.4. The van der Waals surface area contributed by atoms with Gasteiger partial charge in [-0.3, -0.25) is 19.3 Å². The van der Waals surface area contributed by atoms with Crippen LogP contribution in [0.2, 0.25) is 0 Å². The standard InChI is InChI=1S/C32H35N3O5/c1-22-10-7-8-15-27(22)31(38)34-18-16-32(17-19-34)35(30(37)25-13-9-14-26(20-25)39-3)28(21-40-32)29(36)33-23(2)24-11-5-4-6-12-24/h4-15,20,23,28H,16-19,21H2,1-3H3,(H,33,36). The van der Waals surface area contributed by atoms with Gasteiger partial charge < -0.3 is 19.7 Å². The molecule has 2 fully saturated rings. The number of ether oxygens (including phenoxy) is 2. The summed E-state index contributed by atoms with van der Waals surface area (Å²) in [5, 5.41) is 3.07. The number of amides is 3. The first-order valence-electron chi connectivity index (χ1n) is 13.6. The predicted octanol–water partition coefficient (Wildman–Crippen LogP) is 4.35. The van der Waals surface area contributed by atoms with Gasteiger partial charge in [0.15, 0.2) is 0 Å². The Hall–Kier alpha value is -4.17. The maximum atomic E-state index is 14.1. The average molecular weight is 542 g/mol. The molecule has 2 heterocycles. The van der Waals surface area contributed by atoms with Gasteiger partial charge >= 0.3 is 0 Å². The van der Waals surface area contributed by atoms with Gasteiger partial charge in [-0.25, -0.2) is 0 Å². The molecule has 0 aromatic heterocycles. The van der Waals surface area contributed by atoms with E-state index in [2.05, 4.69) is 5.32 Å². The van der Waals surface area contributed by atoms with Gasteiger partial charge in [-0.15, -0.1) is 0 Å². The molecule has 2 unspecified atom stereocenters. The molecule has 8 heteroatoms. The van der Waals surface area contributed by atoms with Crippen LogP contribution in [0.4, 0.5) is 0 Å². The number of hydrogen-bond donors (Lipinski definition) is 1. The Morgan fingerprint density at radius 2 is 1.65 bits per heavy atom. The second-order valence-corrected chi connectivity index (χ2v) is 10.4. The lowest BCUT2D eigenvalue weighted by Gasteiger charge is -2.44. The number of rotatable bonds is 6. The number of hydrogen-bond acceptors (Lipinski definition) is 5. The molecule has 0 bridgehead atoms. The lowest BCUT2D eigenvalue weighted by Crippen LogP contribution is -2.60. The van der Waals surface area contributed by atoms with E-state index in [0.717, 1.165) is 11.1 Å². The van der Waals surface area contributed by atoms with E-state index in [1.54, 1.807) is 41.2 Å². The Kier molecular flexibility index (Phi) is 7.89. The molecule has 3 amide bonds. The molecule has 2 aliphatic heterocycles. The molecule has 1 spiro atoms. The first-order chi connectivity index (χ1) is 19.3. The number of benzene rings is 3. The van der Waals surface area contributed by atoms with Crippen LogP contribution in [0, 0.1) is 6.92 Å². The van der Waals surface area contributed by atoms with Crippen LogP contribution in [0.15, 0.2) is 78.9 Å². The molecular weight excluding hydrogens is 506 g/mol. The number of nitrogens with zero attached hydrogens (tertiary/aromatic N) is 2. The van der Waals surface area contributed by atoms with Crippen molar-refractivity contribution in [2.24, 2.45) is 0 Å². The fourth-order valence-corrected chi connectivity index (χ4v) is 5.64. The third-order valence-electron chi connectivity index (χ3n) is 7.96. The van der Waals surface area contributed by atoms with Crippen molar-refractivity contribution >= 4 is 17.7 Å². The van der Waals surface area contributed by atoms with E-state index in [1.807, 2.05) is 68.4 Å². The van der Waals surface area contributed by atoms with E-state index in [9.17, 15) is 14.4 Å². The number of carbonyl (C=O) groups is 3. The van der Waals surface area contributed by atoms with Crippen molar-refractivity contribution in [1.82, 2.24) is 15.1 Å². The number of carbonyl (C=O) groups excluding carboxylic acids is 3. The zero-order chi connectivity index (χ0) is 28.3. The van der Waals surface area contributed by atoms with E-state index in [0.29, 0.717) is 42.8 Å². The van der Waals surface area contributed by atoms with Crippen LogP contribution in [0.5, 0.6) is 5.75 Å². The summed E-state index contributed by atoms with van der Waals surface area (Å²) in [7, 11) is 1.55.